The first kappa shape index (κ1) is 17.9. The number of hydrogen-bond acceptors (Lipinski definition) is 2. The van der Waals surface area contributed by atoms with E-state index in [2.05, 4.69) is 40.8 Å². The molecule has 0 radical (unpaired) electrons. The largest absolute Gasteiger partial charge is 0.391 e. The SMILES string of the molecule is C=C[Si](C)(OCCCCCC)OC(C)CC(C)C. The van der Waals surface area contributed by atoms with Gasteiger partial charge in [0.05, 0.1) is 0 Å². The van der Waals surface area contributed by atoms with Gasteiger partial charge in [-0.15, -0.1) is 6.58 Å². The van der Waals surface area contributed by atoms with Crippen molar-refractivity contribution in [3.63, 3.8) is 0 Å². The van der Waals surface area contributed by atoms with E-state index in [-0.39, 0.29) is 6.10 Å². The monoisotopic (exact) mass is 272 g/mol. The molecule has 0 saturated heterocycles. The van der Waals surface area contributed by atoms with Gasteiger partial charge in [0.25, 0.3) is 0 Å². The third-order valence-corrected chi connectivity index (χ3v) is 5.39. The van der Waals surface area contributed by atoms with Crippen LogP contribution in [0.1, 0.15) is 59.8 Å². The van der Waals surface area contributed by atoms with Crippen molar-refractivity contribution in [1.82, 2.24) is 0 Å². The summed E-state index contributed by atoms with van der Waals surface area (Å²) in [5, 5.41) is 0. The normalized spacial score (nSPS) is 16.6. The van der Waals surface area contributed by atoms with Crippen LogP contribution in [0.2, 0.25) is 6.55 Å². The van der Waals surface area contributed by atoms with Gasteiger partial charge in [-0.1, -0.05) is 40.0 Å². The van der Waals surface area contributed by atoms with E-state index in [0.717, 1.165) is 19.4 Å². The quantitative estimate of drug-likeness (QED) is 0.396. The van der Waals surface area contributed by atoms with Gasteiger partial charge in [0, 0.05) is 12.7 Å². The Labute approximate surface area is 115 Å². The Balaban J connectivity index is 3.97. The minimum Gasteiger partial charge on any atom is -0.391 e. The van der Waals surface area contributed by atoms with Crippen LogP contribution >= 0.6 is 0 Å². The summed E-state index contributed by atoms with van der Waals surface area (Å²) in [5.74, 6) is 0.660. The van der Waals surface area contributed by atoms with Crippen molar-refractivity contribution >= 4 is 8.56 Å². The second-order valence-corrected chi connectivity index (χ2v) is 8.65. The zero-order chi connectivity index (χ0) is 14.0. The molecule has 0 aliphatic heterocycles. The van der Waals surface area contributed by atoms with Gasteiger partial charge in [0.15, 0.2) is 0 Å². The van der Waals surface area contributed by atoms with E-state index in [0.29, 0.717) is 5.92 Å². The highest BCUT2D eigenvalue weighted by Crippen LogP contribution is 2.17. The Bertz CT molecular complexity index is 219. The first-order valence-electron chi connectivity index (χ1n) is 7.39. The number of rotatable bonds is 11. The standard InChI is InChI=1S/C15H32O2Si/c1-7-9-10-11-12-16-18(6,8-2)17-15(5)13-14(3)4/h8,14-15H,2,7,9-13H2,1,3-6H3. The molecule has 0 fully saturated rings. The molecule has 0 spiro atoms. The summed E-state index contributed by atoms with van der Waals surface area (Å²) in [7, 11) is -2.15. The second kappa shape index (κ2) is 9.76. The molecule has 0 bridgehead atoms. The van der Waals surface area contributed by atoms with Gasteiger partial charge in [-0.2, -0.15) is 0 Å². The first-order chi connectivity index (χ1) is 8.43. The molecule has 0 rings (SSSR count). The fourth-order valence-electron chi connectivity index (χ4n) is 2.06. The van der Waals surface area contributed by atoms with Crippen molar-refractivity contribution < 1.29 is 8.85 Å². The minimum atomic E-state index is -2.15. The lowest BCUT2D eigenvalue weighted by Crippen LogP contribution is -2.40. The van der Waals surface area contributed by atoms with Crippen LogP contribution in [0.25, 0.3) is 0 Å². The van der Waals surface area contributed by atoms with Gasteiger partial charge in [0.1, 0.15) is 0 Å². The van der Waals surface area contributed by atoms with Gasteiger partial charge in [-0.05, 0) is 37.9 Å². The van der Waals surface area contributed by atoms with E-state index in [1.807, 2.05) is 5.70 Å². The van der Waals surface area contributed by atoms with Crippen LogP contribution < -0.4 is 0 Å². The van der Waals surface area contributed by atoms with Gasteiger partial charge >= 0.3 is 8.56 Å². The van der Waals surface area contributed by atoms with Crippen molar-refractivity contribution in [3.8, 4) is 0 Å². The average molecular weight is 273 g/mol. The molecule has 2 nitrogen and oxygen atoms in total. The Morgan fingerprint density at radius 2 is 1.83 bits per heavy atom. The Kier molecular flexibility index (Phi) is 9.69. The van der Waals surface area contributed by atoms with Crippen molar-refractivity contribution in [2.24, 2.45) is 5.92 Å². The van der Waals surface area contributed by atoms with Crippen LogP contribution in [0, 0.1) is 5.92 Å². The molecular weight excluding hydrogens is 240 g/mol. The van der Waals surface area contributed by atoms with E-state index < -0.39 is 8.56 Å². The summed E-state index contributed by atoms with van der Waals surface area (Å²) in [6, 6.07) is 0. The predicted molar refractivity (Wildman–Crippen MR) is 81.9 cm³/mol. The van der Waals surface area contributed by atoms with E-state index in [1.54, 1.807) is 0 Å². The summed E-state index contributed by atoms with van der Waals surface area (Å²) in [6.45, 7) is 15.6. The minimum absolute atomic E-state index is 0.260. The summed E-state index contributed by atoms with van der Waals surface area (Å²) in [6.07, 6.45) is 6.27. The topological polar surface area (TPSA) is 18.5 Å². The number of unbranched alkanes of at least 4 members (excludes halogenated alkanes) is 3. The van der Waals surface area contributed by atoms with E-state index in [1.165, 1.54) is 19.3 Å². The van der Waals surface area contributed by atoms with Gasteiger partial charge in [-0.25, -0.2) is 0 Å². The van der Waals surface area contributed by atoms with Crippen molar-refractivity contribution in [1.29, 1.82) is 0 Å². The molecule has 0 aromatic carbocycles. The van der Waals surface area contributed by atoms with Crippen LogP contribution in [0.4, 0.5) is 0 Å². The maximum Gasteiger partial charge on any atom is 0.361 e. The lowest BCUT2D eigenvalue weighted by molar-refractivity contribution is 0.119. The average Bonchev–Trinajstić information content (AvgIpc) is 2.27. The Morgan fingerprint density at radius 3 is 2.33 bits per heavy atom. The molecule has 18 heavy (non-hydrogen) atoms. The second-order valence-electron chi connectivity index (χ2n) is 5.69. The van der Waals surface area contributed by atoms with Crippen LogP contribution in [0.3, 0.4) is 0 Å². The third-order valence-electron chi connectivity index (χ3n) is 3.00. The maximum absolute atomic E-state index is 6.10. The van der Waals surface area contributed by atoms with Crippen LogP contribution in [-0.4, -0.2) is 21.3 Å². The molecule has 3 heteroatoms. The molecule has 0 aromatic rings. The zero-order valence-electron chi connectivity index (χ0n) is 13.0. The maximum atomic E-state index is 6.10. The fraction of sp³-hybridized carbons (Fsp3) is 0.867. The summed E-state index contributed by atoms with van der Waals surface area (Å²) in [4.78, 5) is 0. The molecule has 0 aromatic heterocycles. The summed E-state index contributed by atoms with van der Waals surface area (Å²) in [5.41, 5.74) is 1.91. The van der Waals surface area contributed by atoms with Gasteiger partial charge < -0.3 is 8.85 Å². The highest BCUT2D eigenvalue weighted by molar-refractivity contribution is 6.71. The first-order valence-corrected chi connectivity index (χ1v) is 9.78. The third kappa shape index (κ3) is 8.89. The lowest BCUT2D eigenvalue weighted by Gasteiger charge is -2.28. The molecular formula is C15H32O2Si. The van der Waals surface area contributed by atoms with E-state index in [4.69, 9.17) is 8.85 Å². The van der Waals surface area contributed by atoms with Crippen molar-refractivity contribution in [2.45, 2.75) is 72.5 Å². The van der Waals surface area contributed by atoms with Crippen LogP contribution in [0.5, 0.6) is 0 Å². The van der Waals surface area contributed by atoms with Crippen molar-refractivity contribution in [2.75, 3.05) is 6.61 Å². The predicted octanol–water partition coefficient (Wildman–Crippen LogP) is 4.83. The smallest absolute Gasteiger partial charge is 0.361 e. The highest BCUT2D eigenvalue weighted by atomic mass is 28.4. The fourth-order valence-corrected chi connectivity index (χ4v) is 3.78. The van der Waals surface area contributed by atoms with Gasteiger partial charge in [-0.3, -0.25) is 0 Å². The summed E-state index contributed by atoms with van der Waals surface area (Å²) < 4.78 is 12.1. The highest BCUT2D eigenvalue weighted by Gasteiger charge is 2.29. The van der Waals surface area contributed by atoms with Gasteiger partial charge in [0.2, 0.25) is 0 Å². The summed E-state index contributed by atoms with van der Waals surface area (Å²) >= 11 is 0. The van der Waals surface area contributed by atoms with E-state index in [9.17, 15) is 0 Å². The zero-order valence-corrected chi connectivity index (χ0v) is 14.0. The molecule has 0 heterocycles. The molecule has 2 atom stereocenters. The molecule has 0 saturated carbocycles. The number of hydrogen-bond donors (Lipinski definition) is 0. The lowest BCUT2D eigenvalue weighted by atomic mass is 10.1. The molecule has 0 amide bonds. The van der Waals surface area contributed by atoms with Crippen LogP contribution in [0.15, 0.2) is 12.3 Å². The van der Waals surface area contributed by atoms with E-state index >= 15 is 0 Å². The molecule has 2 unspecified atom stereocenters. The Morgan fingerprint density at radius 1 is 1.17 bits per heavy atom. The van der Waals surface area contributed by atoms with Crippen LogP contribution in [-0.2, 0) is 8.85 Å². The molecule has 0 aliphatic rings. The van der Waals surface area contributed by atoms with Crippen molar-refractivity contribution in [3.05, 3.63) is 12.3 Å². The molecule has 0 N–H and O–H groups in total. The molecule has 108 valence electrons. The molecule has 0 aliphatic carbocycles. The Hall–Kier alpha value is -0.123.